The Morgan fingerprint density at radius 1 is 0.842 bits per heavy atom. The van der Waals surface area contributed by atoms with Crippen molar-refractivity contribution in [2.75, 3.05) is 0 Å². The number of allylic oxidation sites excluding steroid dienone is 2. The Balaban J connectivity index is 2.63. The predicted octanol–water partition coefficient (Wildman–Crippen LogP) is 6.21. The van der Waals surface area contributed by atoms with Crippen molar-refractivity contribution in [2.45, 2.75) is 18.4 Å². The number of hydrogen-bond donors (Lipinski definition) is 0. The first-order valence-electron chi connectivity index (χ1n) is 5.17. The second-order valence-electron chi connectivity index (χ2n) is 4.12. The van der Waals surface area contributed by atoms with Crippen LogP contribution in [0.2, 0.25) is 0 Å². The molecular formula is C12H7Cl7. The Kier molecular flexibility index (Phi) is 4.58. The van der Waals surface area contributed by atoms with Gasteiger partial charge in [0.25, 0.3) is 0 Å². The van der Waals surface area contributed by atoms with Gasteiger partial charge in [0.15, 0.2) is 13.0 Å². The lowest BCUT2D eigenvalue weighted by Crippen LogP contribution is -2.57. The molecule has 0 N–H and O–H groups in total. The van der Waals surface area contributed by atoms with Crippen LogP contribution in [0.15, 0.2) is 36.4 Å². The second kappa shape index (κ2) is 5.32. The average Bonchev–Trinajstić information content (AvgIpc) is 2.34. The van der Waals surface area contributed by atoms with Crippen LogP contribution in [-0.2, 0) is 0 Å². The van der Waals surface area contributed by atoms with Gasteiger partial charge in [-0.1, -0.05) is 106 Å². The molecule has 0 saturated carbocycles. The zero-order chi connectivity index (χ0) is 14.5. The van der Waals surface area contributed by atoms with E-state index >= 15 is 0 Å². The van der Waals surface area contributed by atoms with Crippen molar-refractivity contribution in [3.05, 3.63) is 42.0 Å². The van der Waals surface area contributed by atoms with Crippen molar-refractivity contribution < 1.29 is 0 Å². The summed E-state index contributed by atoms with van der Waals surface area (Å²) in [4.78, 5) is 0. The standard InChI is InChI=1S/C12H7Cl7/c13-9-6-8(7-4-2-1-3-5-7)10(14,15)12(18,19)11(9,16)17/h1-6,9H. The van der Waals surface area contributed by atoms with E-state index in [1.54, 1.807) is 6.08 Å². The number of benzene rings is 1. The quantitative estimate of drug-likeness (QED) is 0.493. The Labute approximate surface area is 146 Å². The first-order chi connectivity index (χ1) is 8.62. The van der Waals surface area contributed by atoms with Crippen molar-refractivity contribution in [1.82, 2.24) is 0 Å². The van der Waals surface area contributed by atoms with Crippen molar-refractivity contribution >= 4 is 86.8 Å². The number of rotatable bonds is 1. The molecule has 7 heteroatoms. The van der Waals surface area contributed by atoms with Crippen LogP contribution in [-0.4, -0.2) is 18.4 Å². The summed E-state index contributed by atoms with van der Waals surface area (Å²) < 4.78 is -5.30. The third kappa shape index (κ3) is 2.48. The van der Waals surface area contributed by atoms with E-state index < -0.39 is 18.4 Å². The minimum Gasteiger partial charge on any atom is -0.115 e. The Hall–Kier alpha value is 0.990. The Morgan fingerprint density at radius 3 is 1.89 bits per heavy atom. The molecule has 0 fully saturated rings. The zero-order valence-electron chi connectivity index (χ0n) is 9.19. The van der Waals surface area contributed by atoms with Gasteiger partial charge in [-0.15, -0.1) is 11.6 Å². The molecule has 19 heavy (non-hydrogen) atoms. The largest absolute Gasteiger partial charge is 0.189 e. The van der Waals surface area contributed by atoms with Gasteiger partial charge in [-0.2, -0.15) is 0 Å². The minimum atomic E-state index is -1.88. The van der Waals surface area contributed by atoms with E-state index in [1.807, 2.05) is 30.3 Å². The van der Waals surface area contributed by atoms with Crippen LogP contribution in [0.3, 0.4) is 0 Å². The molecule has 1 aromatic carbocycles. The molecule has 0 spiro atoms. The molecule has 0 saturated heterocycles. The van der Waals surface area contributed by atoms with E-state index in [4.69, 9.17) is 81.2 Å². The van der Waals surface area contributed by atoms with Crippen LogP contribution in [0.4, 0.5) is 0 Å². The summed E-state index contributed by atoms with van der Waals surface area (Å²) in [6, 6.07) is 9.15. The molecule has 1 aliphatic rings. The smallest absolute Gasteiger partial charge is 0.115 e. The molecule has 104 valence electrons. The number of halogens is 7. The molecule has 0 aliphatic heterocycles. The highest BCUT2D eigenvalue weighted by Crippen LogP contribution is 2.63. The Morgan fingerprint density at radius 2 is 1.37 bits per heavy atom. The summed E-state index contributed by atoms with van der Waals surface area (Å²) in [7, 11) is 0. The van der Waals surface area contributed by atoms with E-state index in [0.29, 0.717) is 5.57 Å². The lowest BCUT2D eigenvalue weighted by molar-refractivity contribution is 0.629. The minimum absolute atomic E-state index is 0.471. The van der Waals surface area contributed by atoms with Gasteiger partial charge in [-0.3, -0.25) is 0 Å². The molecule has 1 atom stereocenters. The van der Waals surface area contributed by atoms with E-state index in [9.17, 15) is 0 Å². The molecular weight excluding hydrogens is 392 g/mol. The summed E-state index contributed by atoms with van der Waals surface area (Å²) in [6.45, 7) is 0. The van der Waals surface area contributed by atoms with Crippen LogP contribution in [0.5, 0.6) is 0 Å². The van der Waals surface area contributed by atoms with Crippen LogP contribution in [0, 0.1) is 0 Å². The van der Waals surface area contributed by atoms with Crippen LogP contribution >= 0.6 is 81.2 Å². The van der Waals surface area contributed by atoms with Crippen molar-refractivity contribution in [2.24, 2.45) is 0 Å². The maximum absolute atomic E-state index is 6.32. The third-order valence-electron chi connectivity index (χ3n) is 2.90. The molecule has 1 aromatic rings. The van der Waals surface area contributed by atoms with Gasteiger partial charge >= 0.3 is 0 Å². The molecule has 0 nitrogen and oxygen atoms in total. The van der Waals surface area contributed by atoms with Gasteiger partial charge in [-0.25, -0.2) is 0 Å². The highest BCUT2D eigenvalue weighted by Gasteiger charge is 2.66. The van der Waals surface area contributed by atoms with E-state index in [2.05, 4.69) is 0 Å². The summed E-state index contributed by atoms with van der Waals surface area (Å²) in [6.07, 6.45) is 1.57. The van der Waals surface area contributed by atoms with E-state index in [0.717, 1.165) is 5.56 Å². The SMILES string of the molecule is ClC1C=C(c2ccccc2)C(Cl)(Cl)C(Cl)(Cl)C1(Cl)Cl. The fourth-order valence-electron chi connectivity index (χ4n) is 1.80. The predicted molar refractivity (Wildman–Crippen MR) is 87.4 cm³/mol. The van der Waals surface area contributed by atoms with E-state index in [-0.39, 0.29) is 0 Å². The lowest BCUT2D eigenvalue weighted by atomic mass is 9.91. The van der Waals surface area contributed by atoms with Crippen molar-refractivity contribution in [3.8, 4) is 0 Å². The molecule has 0 bridgehead atoms. The lowest BCUT2D eigenvalue weighted by Gasteiger charge is -2.47. The van der Waals surface area contributed by atoms with Gasteiger partial charge in [0.1, 0.15) is 0 Å². The zero-order valence-corrected chi connectivity index (χ0v) is 14.5. The van der Waals surface area contributed by atoms with Gasteiger partial charge in [-0.05, 0) is 11.1 Å². The number of alkyl halides is 7. The second-order valence-corrected chi connectivity index (χ2v) is 8.63. The highest BCUT2D eigenvalue weighted by atomic mass is 35.5. The van der Waals surface area contributed by atoms with Crippen molar-refractivity contribution in [1.29, 1.82) is 0 Å². The van der Waals surface area contributed by atoms with Crippen LogP contribution in [0.1, 0.15) is 5.56 Å². The molecule has 1 unspecified atom stereocenters. The van der Waals surface area contributed by atoms with Crippen LogP contribution < -0.4 is 0 Å². The Bertz CT molecular complexity index is 504. The summed E-state index contributed by atoms with van der Waals surface area (Å²) in [5.41, 5.74) is 1.21. The monoisotopic (exact) mass is 396 g/mol. The fraction of sp³-hybridized carbons (Fsp3) is 0.333. The topological polar surface area (TPSA) is 0 Å². The molecule has 0 aromatic heterocycles. The maximum Gasteiger partial charge on any atom is 0.189 e. The van der Waals surface area contributed by atoms with Crippen LogP contribution in [0.25, 0.3) is 5.57 Å². The average molecular weight is 399 g/mol. The van der Waals surface area contributed by atoms with Gasteiger partial charge < -0.3 is 0 Å². The molecule has 1 aliphatic carbocycles. The first kappa shape index (κ1) is 16.4. The summed E-state index contributed by atoms with van der Waals surface area (Å²) in [5.74, 6) is 0. The first-order valence-corrected chi connectivity index (χ1v) is 7.88. The van der Waals surface area contributed by atoms with Crippen molar-refractivity contribution in [3.63, 3.8) is 0 Å². The molecule has 0 amide bonds. The normalized spacial score (nSPS) is 27.7. The third-order valence-corrected chi connectivity index (χ3v) is 7.52. The number of hydrogen-bond acceptors (Lipinski definition) is 0. The van der Waals surface area contributed by atoms with Gasteiger partial charge in [0, 0.05) is 0 Å². The summed E-state index contributed by atoms with van der Waals surface area (Å²) in [5, 5.41) is -0.841. The fourth-order valence-corrected chi connectivity index (χ4v) is 3.89. The maximum atomic E-state index is 6.32. The molecule has 0 heterocycles. The van der Waals surface area contributed by atoms with Gasteiger partial charge in [0.05, 0.1) is 5.38 Å². The molecule has 0 radical (unpaired) electrons. The molecule has 2 rings (SSSR count). The summed E-state index contributed by atoms with van der Waals surface area (Å²) >= 11 is 43.4. The van der Waals surface area contributed by atoms with Gasteiger partial charge in [0.2, 0.25) is 0 Å². The van der Waals surface area contributed by atoms with E-state index in [1.165, 1.54) is 0 Å². The highest BCUT2D eigenvalue weighted by molar-refractivity contribution is 6.73.